The van der Waals surface area contributed by atoms with Crippen molar-refractivity contribution >= 4 is 15.9 Å². The number of halogens is 1. The Morgan fingerprint density at radius 3 is 2.78 bits per heavy atom. The van der Waals surface area contributed by atoms with Crippen molar-refractivity contribution in [3.8, 4) is 5.75 Å². The van der Waals surface area contributed by atoms with Gasteiger partial charge in [-0.15, -0.1) is 0 Å². The van der Waals surface area contributed by atoms with Gasteiger partial charge in [0, 0.05) is 31.5 Å². The van der Waals surface area contributed by atoms with Gasteiger partial charge in [0.2, 0.25) is 0 Å². The van der Waals surface area contributed by atoms with E-state index in [0.29, 0.717) is 13.0 Å². The first-order chi connectivity index (χ1) is 8.65. The zero-order chi connectivity index (χ0) is 13.1. The normalized spacial score (nSPS) is 15.6. The molecular formula is C13H17BrO4. The van der Waals surface area contributed by atoms with E-state index in [2.05, 4.69) is 22.0 Å². The van der Waals surface area contributed by atoms with Crippen LogP contribution >= 0.6 is 15.9 Å². The molecule has 4 nitrogen and oxygen atoms in total. The summed E-state index contributed by atoms with van der Waals surface area (Å²) in [7, 11) is 3.03. The highest BCUT2D eigenvalue weighted by Gasteiger charge is 2.23. The van der Waals surface area contributed by atoms with Crippen molar-refractivity contribution < 1.29 is 19.3 Å². The van der Waals surface area contributed by atoms with Crippen molar-refractivity contribution in [3.63, 3.8) is 0 Å². The molecule has 1 aromatic rings. The lowest BCUT2D eigenvalue weighted by Gasteiger charge is -2.21. The van der Waals surface area contributed by atoms with Crippen molar-refractivity contribution in [2.75, 3.05) is 20.8 Å². The van der Waals surface area contributed by atoms with Crippen molar-refractivity contribution in [1.29, 1.82) is 0 Å². The largest absolute Gasteiger partial charge is 0.493 e. The van der Waals surface area contributed by atoms with Crippen LogP contribution < -0.4 is 4.74 Å². The van der Waals surface area contributed by atoms with Crippen molar-refractivity contribution in [2.24, 2.45) is 0 Å². The summed E-state index contributed by atoms with van der Waals surface area (Å²) in [6.07, 6.45) is 0.00731. The van der Waals surface area contributed by atoms with Crippen molar-refractivity contribution in [1.82, 2.24) is 0 Å². The van der Waals surface area contributed by atoms with Gasteiger partial charge in [-0.3, -0.25) is 0 Å². The van der Waals surface area contributed by atoms with Crippen LogP contribution in [0.2, 0.25) is 0 Å². The Kier molecular flexibility index (Phi) is 4.61. The van der Waals surface area contributed by atoms with Crippen molar-refractivity contribution in [2.45, 2.75) is 25.2 Å². The molecule has 1 aliphatic rings. The molecule has 1 unspecified atom stereocenters. The smallest absolute Gasteiger partial charge is 0.183 e. The third-order valence-corrected chi connectivity index (χ3v) is 3.49. The maximum absolute atomic E-state index is 10.1. The highest BCUT2D eigenvalue weighted by atomic mass is 79.9. The summed E-state index contributed by atoms with van der Waals surface area (Å²) in [4.78, 5) is 0. The van der Waals surface area contributed by atoms with Crippen molar-refractivity contribution in [3.05, 3.63) is 27.7 Å². The van der Waals surface area contributed by atoms with Crippen LogP contribution in [0.4, 0.5) is 0 Å². The molecule has 0 aliphatic carbocycles. The Morgan fingerprint density at radius 1 is 1.39 bits per heavy atom. The van der Waals surface area contributed by atoms with Crippen LogP contribution in [0.25, 0.3) is 0 Å². The topological polar surface area (TPSA) is 47.9 Å². The number of ether oxygens (including phenoxy) is 3. The number of aliphatic hydroxyl groups is 1. The number of methoxy groups -OCH3 is 2. The van der Waals surface area contributed by atoms with E-state index in [0.717, 1.165) is 22.2 Å². The van der Waals surface area contributed by atoms with Crippen LogP contribution in [0, 0.1) is 0 Å². The minimum absolute atomic E-state index is 0.439. The first-order valence-corrected chi connectivity index (χ1v) is 6.62. The van der Waals surface area contributed by atoms with Gasteiger partial charge in [-0.25, -0.2) is 0 Å². The fourth-order valence-corrected chi connectivity index (χ4v) is 2.78. The van der Waals surface area contributed by atoms with Crippen LogP contribution in [0.5, 0.6) is 5.75 Å². The first-order valence-electron chi connectivity index (χ1n) is 5.83. The summed E-state index contributed by atoms with van der Waals surface area (Å²) in [6, 6.07) is 4.03. The van der Waals surface area contributed by atoms with E-state index >= 15 is 0 Å². The molecule has 18 heavy (non-hydrogen) atoms. The van der Waals surface area contributed by atoms with Gasteiger partial charge in [-0.05, 0) is 23.3 Å². The van der Waals surface area contributed by atoms with Gasteiger partial charge in [0.15, 0.2) is 6.29 Å². The highest BCUT2D eigenvalue weighted by Crippen LogP contribution is 2.34. The molecule has 0 saturated heterocycles. The van der Waals surface area contributed by atoms with Crippen LogP contribution in [0.15, 0.2) is 16.6 Å². The molecule has 1 N–H and O–H groups in total. The number of aliphatic hydroxyl groups excluding tert-OH is 1. The maximum Gasteiger partial charge on any atom is 0.183 e. The molecule has 1 aliphatic heterocycles. The predicted octanol–water partition coefficient (Wildman–Crippen LogP) is 1.91. The average Bonchev–Trinajstić information content (AvgIpc) is 2.78. The lowest BCUT2D eigenvalue weighted by atomic mass is 10.0. The zero-order valence-corrected chi connectivity index (χ0v) is 12.1. The van der Waals surface area contributed by atoms with E-state index in [1.54, 1.807) is 0 Å². The molecule has 100 valence electrons. The summed E-state index contributed by atoms with van der Waals surface area (Å²) in [5, 5.41) is 10.1. The van der Waals surface area contributed by atoms with Gasteiger partial charge in [-0.2, -0.15) is 0 Å². The SMILES string of the molecule is COC(OC)C(O)Cc1cc(Br)cc2c1OCC2. The Morgan fingerprint density at radius 2 is 2.11 bits per heavy atom. The second kappa shape index (κ2) is 6.02. The monoisotopic (exact) mass is 316 g/mol. The summed E-state index contributed by atoms with van der Waals surface area (Å²) >= 11 is 3.48. The van der Waals surface area contributed by atoms with E-state index in [-0.39, 0.29) is 0 Å². The standard InChI is InChI=1S/C13H17BrO4/c1-16-13(17-2)11(15)7-9-6-10(14)5-8-3-4-18-12(8)9/h5-6,11,13,15H,3-4,7H2,1-2H3. The fraction of sp³-hybridized carbons (Fsp3) is 0.538. The highest BCUT2D eigenvalue weighted by molar-refractivity contribution is 9.10. The van der Waals surface area contributed by atoms with E-state index in [4.69, 9.17) is 14.2 Å². The van der Waals surface area contributed by atoms with E-state index in [9.17, 15) is 5.11 Å². The van der Waals surface area contributed by atoms with E-state index in [1.165, 1.54) is 19.8 Å². The summed E-state index contributed by atoms with van der Waals surface area (Å²) in [5.41, 5.74) is 2.15. The molecule has 1 atom stereocenters. The minimum atomic E-state index is -0.720. The quantitative estimate of drug-likeness (QED) is 0.843. The molecule has 0 aromatic heterocycles. The van der Waals surface area contributed by atoms with Crippen LogP contribution in [-0.2, 0) is 22.3 Å². The van der Waals surface area contributed by atoms with Gasteiger partial charge in [-0.1, -0.05) is 15.9 Å². The minimum Gasteiger partial charge on any atom is -0.493 e. The van der Waals surface area contributed by atoms with Crippen LogP contribution in [-0.4, -0.2) is 38.3 Å². The number of hydrogen-bond donors (Lipinski definition) is 1. The predicted molar refractivity (Wildman–Crippen MR) is 70.9 cm³/mol. The average molecular weight is 317 g/mol. The van der Waals surface area contributed by atoms with E-state index in [1.807, 2.05) is 6.07 Å². The molecular weight excluding hydrogens is 300 g/mol. The van der Waals surface area contributed by atoms with Gasteiger partial charge < -0.3 is 19.3 Å². The van der Waals surface area contributed by atoms with Crippen LogP contribution in [0.1, 0.15) is 11.1 Å². The Labute approximate surface area is 115 Å². The Bertz CT molecular complexity index is 418. The summed E-state index contributed by atoms with van der Waals surface area (Å²) in [6.45, 7) is 0.701. The first kappa shape index (κ1) is 13.8. The van der Waals surface area contributed by atoms with Gasteiger partial charge >= 0.3 is 0 Å². The third-order valence-electron chi connectivity index (χ3n) is 3.03. The Hall–Kier alpha value is -0.620. The molecule has 0 amide bonds. The summed E-state index contributed by atoms with van der Waals surface area (Å²) < 4.78 is 16.7. The molecule has 0 bridgehead atoms. The third kappa shape index (κ3) is 2.85. The molecule has 0 spiro atoms. The molecule has 2 rings (SSSR count). The second-order valence-corrected chi connectivity index (χ2v) is 5.18. The molecule has 0 fully saturated rings. The molecule has 0 radical (unpaired) electrons. The second-order valence-electron chi connectivity index (χ2n) is 4.26. The summed E-state index contributed by atoms with van der Waals surface area (Å²) in [5.74, 6) is 0.892. The maximum atomic E-state index is 10.1. The number of fused-ring (bicyclic) bond motifs is 1. The molecule has 1 heterocycles. The number of rotatable bonds is 5. The Balaban J connectivity index is 2.19. The lowest BCUT2D eigenvalue weighted by molar-refractivity contribution is -0.163. The van der Waals surface area contributed by atoms with Gasteiger partial charge in [0.05, 0.1) is 6.61 Å². The number of hydrogen-bond acceptors (Lipinski definition) is 4. The fourth-order valence-electron chi connectivity index (χ4n) is 2.23. The van der Waals surface area contributed by atoms with Crippen LogP contribution in [0.3, 0.4) is 0 Å². The van der Waals surface area contributed by atoms with Gasteiger partial charge in [0.25, 0.3) is 0 Å². The zero-order valence-electron chi connectivity index (χ0n) is 10.5. The lowest BCUT2D eigenvalue weighted by Crippen LogP contribution is -2.31. The molecule has 5 heteroatoms. The van der Waals surface area contributed by atoms with Gasteiger partial charge in [0.1, 0.15) is 11.9 Å². The number of benzene rings is 1. The molecule has 1 aromatic carbocycles. The van der Waals surface area contributed by atoms with E-state index < -0.39 is 12.4 Å². The molecule has 0 saturated carbocycles.